The van der Waals surface area contributed by atoms with Crippen LogP contribution in [-0.2, 0) is 10.2 Å². The molecule has 4 heteroatoms. The number of hydrogen-bond acceptors (Lipinski definition) is 1. The molecule has 0 spiro atoms. The summed E-state index contributed by atoms with van der Waals surface area (Å²) in [5.74, 6) is -1.76. The van der Waals surface area contributed by atoms with Gasteiger partial charge in [0.05, 0.1) is 5.41 Å². The highest BCUT2D eigenvalue weighted by molar-refractivity contribution is 5.88. The molecule has 0 aromatic heterocycles. The van der Waals surface area contributed by atoms with Gasteiger partial charge in [-0.2, -0.15) is 0 Å². The quantitative estimate of drug-likeness (QED) is 0.805. The van der Waals surface area contributed by atoms with E-state index < -0.39 is 17.0 Å². The van der Waals surface area contributed by atoms with Gasteiger partial charge in [0.1, 0.15) is 0 Å². The van der Waals surface area contributed by atoms with Crippen LogP contribution in [0.5, 0.6) is 0 Å². The molecule has 2 nitrogen and oxygen atoms in total. The minimum atomic E-state index is -0.881. The van der Waals surface area contributed by atoms with E-state index >= 15 is 0 Å². The van der Waals surface area contributed by atoms with Crippen LogP contribution in [0.4, 0.5) is 8.78 Å². The number of rotatable bonds is 2. The first-order valence-electron chi connectivity index (χ1n) is 6.65. The fourth-order valence-electron chi connectivity index (χ4n) is 3.00. The molecular formula is C15H19F2NO. The number of carbonyl (C=O) groups is 1. The van der Waals surface area contributed by atoms with Crippen molar-refractivity contribution in [2.45, 2.75) is 37.5 Å². The van der Waals surface area contributed by atoms with Crippen LogP contribution >= 0.6 is 0 Å². The standard InChI is InChI=1S/C15H19F2NO/c1-18(2)14(19)15(8-4-3-5-9-15)11-6-7-12(16)13(17)10-11/h6-7,10H,3-5,8-9H2,1-2H3. The van der Waals surface area contributed by atoms with Crippen molar-refractivity contribution in [3.05, 3.63) is 35.4 Å². The van der Waals surface area contributed by atoms with Gasteiger partial charge in [-0.05, 0) is 30.5 Å². The molecule has 1 aliphatic carbocycles. The average molecular weight is 267 g/mol. The van der Waals surface area contributed by atoms with Gasteiger partial charge in [-0.1, -0.05) is 25.3 Å². The van der Waals surface area contributed by atoms with Gasteiger partial charge in [-0.25, -0.2) is 8.78 Å². The molecule has 0 atom stereocenters. The third-order valence-electron chi connectivity index (χ3n) is 3.99. The summed E-state index contributed by atoms with van der Waals surface area (Å²) < 4.78 is 26.5. The van der Waals surface area contributed by atoms with Crippen molar-refractivity contribution in [3.8, 4) is 0 Å². The SMILES string of the molecule is CN(C)C(=O)C1(c2ccc(F)c(F)c2)CCCCC1. The molecular weight excluding hydrogens is 248 g/mol. The maximum absolute atomic E-state index is 13.5. The van der Waals surface area contributed by atoms with Crippen molar-refractivity contribution in [3.63, 3.8) is 0 Å². The maximum Gasteiger partial charge on any atom is 0.232 e. The Kier molecular flexibility index (Phi) is 3.88. The normalized spacial score (nSPS) is 18.1. The molecule has 0 N–H and O–H groups in total. The van der Waals surface area contributed by atoms with E-state index in [4.69, 9.17) is 0 Å². The van der Waals surface area contributed by atoms with Gasteiger partial charge >= 0.3 is 0 Å². The fourth-order valence-corrected chi connectivity index (χ4v) is 3.00. The largest absolute Gasteiger partial charge is 0.348 e. The first-order valence-corrected chi connectivity index (χ1v) is 6.65. The number of carbonyl (C=O) groups excluding carboxylic acids is 1. The minimum Gasteiger partial charge on any atom is -0.348 e. The van der Waals surface area contributed by atoms with Crippen LogP contribution < -0.4 is 0 Å². The second-order valence-corrected chi connectivity index (χ2v) is 5.47. The number of nitrogens with zero attached hydrogens (tertiary/aromatic N) is 1. The van der Waals surface area contributed by atoms with Gasteiger partial charge < -0.3 is 4.90 Å². The Morgan fingerprint density at radius 1 is 1.11 bits per heavy atom. The molecule has 1 aliphatic rings. The van der Waals surface area contributed by atoms with Crippen LogP contribution in [0.1, 0.15) is 37.7 Å². The lowest BCUT2D eigenvalue weighted by atomic mass is 9.68. The Balaban J connectivity index is 2.47. The fraction of sp³-hybridized carbons (Fsp3) is 0.533. The highest BCUT2D eigenvalue weighted by atomic mass is 19.2. The Labute approximate surface area is 112 Å². The third kappa shape index (κ3) is 2.48. The number of likely N-dealkylation sites (N-methyl/N-ethyl adjacent to an activating group) is 1. The van der Waals surface area contributed by atoms with Crippen LogP contribution in [0, 0.1) is 11.6 Å². The van der Waals surface area contributed by atoms with Gasteiger partial charge in [-0.3, -0.25) is 4.79 Å². The van der Waals surface area contributed by atoms with Crippen molar-refractivity contribution < 1.29 is 13.6 Å². The van der Waals surface area contributed by atoms with Crippen LogP contribution in [0.25, 0.3) is 0 Å². The predicted molar refractivity (Wildman–Crippen MR) is 69.8 cm³/mol. The summed E-state index contributed by atoms with van der Waals surface area (Å²) >= 11 is 0. The predicted octanol–water partition coefficient (Wildman–Crippen LogP) is 3.25. The second-order valence-electron chi connectivity index (χ2n) is 5.47. The van der Waals surface area contributed by atoms with Crippen molar-refractivity contribution in [1.82, 2.24) is 4.90 Å². The van der Waals surface area contributed by atoms with Gasteiger partial charge in [-0.15, -0.1) is 0 Å². The summed E-state index contributed by atoms with van der Waals surface area (Å²) in [5, 5.41) is 0. The van der Waals surface area contributed by atoms with Gasteiger partial charge in [0, 0.05) is 14.1 Å². The number of halogens is 2. The van der Waals surface area contributed by atoms with E-state index in [1.54, 1.807) is 25.1 Å². The van der Waals surface area contributed by atoms with E-state index in [0.717, 1.165) is 25.3 Å². The van der Waals surface area contributed by atoms with Crippen LogP contribution in [0.2, 0.25) is 0 Å². The molecule has 0 heterocycles. The third-order valence-corrected chi connectivity index (χ3v) is 3.99. The Morgan fingerprint density at radius 3 is 2.26 bits per heavy atom. The highest BCUT2D eigenvalue weighted by Gasteiger charge is 2.42. The van der Waals surface area contributed by atoms with E-state index in [-0.39, 0.29) is 5.91 Å². The summed E-state index contributed by atoms with van der Waals surface area (Å²) in [6, 6.07) is 3.84. The molecule has 0 radical (unpaired) electrons. The van der Waals surface area contributed by atoms with E-state index in [1.807, 2.05) is 0 Å². The van der Waals surface area contributed by atoms with Crippen molar-refractivity contribution in [2.75, 3.05) is 14.1 Å². The molecule has 0 saturated heterocycles. The summed E-state index contributed by atoms with van der Waals surface area (Å²) in [6.07, 6.45) is 4.38. The molecule has 2 rings (SSSR count). The van der Waals surface area contributed by atoms with E-state index in [9.17, 15) is 13.6 Å². The Bertz CT molecular complexity index is 479. The molecule has 1 saturated carbocycles. The highest BCUT2D eigenvalue weighted by Crippen LogP contribution is 2.41. The second kappa shape index (κ2) is 5.27. The van der Waals surface area contributed by atoms with Crippen LogP contribution in [-0.4, -0.2) is 24.9 Å². The van der Waals surface area contributed by atoms with Crippen LogP contribution in [0.3, 0.4) is 0 Å². The Hall–Kier alpha value is -1.45. The topological polar surface area (TPSA) is 20.3 Å². The molecule has 1 aromatic rings. The lowest BCUT2D eigenvalue weighted by molar-refractivity contribution is -0.136. The molecule has 1 amide bonds. The van der Waals surface area contributed by atoms with Gasteiger partial charge in [0.2, 0.25) is 5.91 Å². The van der Waals surface area contributed by atoms with Crippen molar-refractivity contribution in [1.29, 1.82) is 0 Å². The lowest BCUT2D eigenvalue weighted by Gasteiger charge is -2.38. The zero-order chi connectivity index (χ0) is 14.0. The molecule has 0 unspecified atom stereocenters. The molecule has 19 heavy (non-hydrogen) atoms. The van der Waals surface area contributed by atoms with Crippen molar-refractivity contribution >= 4 is 5.91 Å². The van der Waals surface area contributed by atoms with Gasteiger partial charge in [0.15, 0.2) is 11.6 Å². The van der Waals surface area contributed by atoms with E-state index in [2.05, 4.69) is 0 Å². The zero-order valence-electron chi connectivity index (χ0n) is 11.4. The molecule has 0 bridgehead atoms. The van der Waals surface area contributed by atoms with Crippen LogP contribution in [0.15, 0.2) is 18.2 Å². The Morgan fingerprint density at radius 2 is 1.74 bits per heavy atom. The molecule has 1 fully saturated rings. The minimum absolute atomic E-state index is 0.0155. The number of hydrogen-bond donors (Lipinski definition) is 0. The molecule has 0 aliphatic heterocycles. The number of benzene rings is 1. The summed E-state index contributed by atoms with van der Waals surface area (Å²) in [7, 11) is 3.41. The smallest absolute Gasteiger partial charge is 0.232 e. The number of amides is 1. The summed E-state index contributed by atoms with van der Waals surface area (Å²) in [4.78, 5) is 14.1. The van der Waals surface area contributed by atoms with E-state index in [1.165, 1.54) is 6.07 Å². The molecule has 1 aromatic carbocycles. The average Bonchev–Trinajstić information content (AvgIpc) is 2.41. The van der Waals surface area contributed by atoms with E-state index in [0.29, 0.717) is 18.4 Å². The summed E-state index contributed by atoms with van der Waals surface area (Å²) in [6.45, 7) is 0. The van der Waals surface area contributed by atoms with Gasteiger partial charge in [0.25, 0.3) is 0 Å². The monoisotopic (exact) mass is 267 g/mol. The first-order chi connectivity index (χ1) is 8.97. The lowest BCUT2D eigenvalue weighted by Crippen LogP contribution is -2.45. The maximum atomic E-state index is 13.5. The summed E-state index contributed by atoms with van der Waals surface area (Å²) in [5.41, 5.74) is -0.0826. The zero-order valence-corrected chi connectivity index (χ0v) is 11.4. The van der Waals surface area contributed by atoms with Crippen molar-refractivity contribution in [2.24, 2.45) is 0 Å². The molecule has 104 valence electrons. The first kappa shape index (κ1) is 14.0.